The first-order valence-corrected chi connectivity index (χ1v) is 7.00. The van der Waals surface area contributed by atoms with Crippen molar-refractivity contribution in [3.63, 3.8) is 0 Å². The predicted octanol–water partition coefficient (Wildman–Crippen LogP) is -0.606. The van der Waals surface area contributed by atoms with Gasteiger partial charge in [0.25, 0.3) is 0 Å². The molecule has 2 amide bonds. The van der Waals surface area contributed by atoms with Crippen LogP contribution in [-0.4, -0.2) is 51.4 Å². The maximum atomic E-state index is 11.6. The molecule has 0 saturated carbocycles. The quantitative estimate of drug-likeness (QED) is 0.439. The summed E-state index contributed by atoms with van der Waals surface area (Å²) in [6.07, 6.45) is 1.35. The summed E-state index contributed by atoms with van der Waals surface area (Å²) in [7, 11) is 0. The van der Waals surface area contributed by atoms with Gasteiger partial charge in [0.2, 0.25) is 5.89 Å². The number of rotatable bonds is 7. The van der Waals surface area contributed by atoms with Crippen LogP contribution in [0.2, 0.25) is 0 Å². The Labute approximate surface area is 130 Å². The smallest absolute Gasteiger partial charge is 0.323 e. The largest absolute Gasteiger partial charge is 0.481 e. The number of aromatic nitrogens is 2. The average molecular weight is 327 g/mol. The molecule has 2 rings (SSSR count). The second-order valence-corrected chi connectivity index (χ2v) is 5.01. The Kier molecular flexibility index (Phi) is 5.46. The molecule has 0 bridgehead atoms. The van der Waals surface area contributed by atoms with Gasteiger partial charge in [-0.15, -0.1) is 0 Å². The fourth-order valence-corrected chi connectivity index (χ4v) is 2.18. The lowest BCUT2D eigenvalue weighted by Gasteiger charge is -2.13. The molecule has 2 atom stereocenters. The highest BCUT2D eigenvalue weighted by Crippen LogP contribution is 2.22. The van der Waals surface area contributed by atoms with Gasteiger partial charge < -0.3 is 30.7 Å². The highest BCUT2D eigenvalue weighted by atomic mass is 16.5. The summed E-state index contributed by atoms with van der Waals surface area (Å²) in [5, 5.41) is 28.8. The fourth-order valence-electron chi connectivity index (χ4n) is 2.18. The summed E-state index contributed by atoms with van der Waals surface area (Å²) < 4.78 is 5.04. The molecule has 1 fully saturated rings. The zero-order chi connectivity index (χ0) is 16.8. The van der Waals surface area contributed by atoms with Gasteiger partial charge in [0, 0.05) is 0 Å². The third-order valence-electron chi connectivity index (χ3n) is 3.21. The minimum atomic E-state index is -1.22. The van der Waals surface area contributed by atoms with Gasteiger partial charge in [-0.25, -0.2) is 4.79 Å². The van der Waals surface area contributed by atoms with Crippen molar-refractivity contribution in [2.24, 2.45) is 0 Å². The van der Waals surface area contributed by atoms with E-state index in [9.17, 15) is 14.4 Å². The van der Waals surface area contributed by atoms with Crippen LogP contribution in [0.15, 0.2) is 4.52 Å². The molecule has 0 aliphatic carbocycles. The Morgan fingerprint density at radius 1 is 1.35 bits per heavy atom. The number of carboxylic acids is 2. The van der Waals surface area contributed by atoms with Gasteiger partial charge in [0.1, 0.15) is 12.6 Å². The molecule has 1 aliphatic heterocycles. The van der Waals surface area contributed by atoms with Gasteiger partial charge in [-0.1, -0.05) is 5.16 Å². The molecule has 0 aromatic carbocycles. The number of aliphatic carboxylic acids is 2. The topological polar surface area (TPSA) is 167 Å². The van der Waals surface area contributed by atoms with Crippen molar-refractivity contribution in [2.45, 2.75) is 31.3 Å². The first-order valence-electron chi connectivity index (χ1n) is 7.00. The van der Waals surface area contributed by atoms with Gasteiger partial charge in [-0.2, -0.15) is 4.98 Å². The van der Waals surface area contributed by atoms with E-state index in [0.717, 1.165) is 19.4 Å². The van der Waals surface area contributed by atoms with Gasteiger partial charge in [-0.3, -0.25) is 9.59 Å². The van der Waals surface area contributed by atoms with Crippen molar-refractivity contribution in [2.75, 3.05) is 13.1 Å². The van der Waals surface area contributed by atoms with E-state index in [1.807, 2.05) is 0 Å². The SMILES string of the molecule is O=C(O)CNC(=O)N[C@@H](CC(=O)O)c1nc([C@@H]2CCCN2)no1. The summed E-state index contributed by atoms with van der Waals surface area (Å²) in [6.45, 7) is 0.246. The van der Waals surface area contributed by atoms with E-state index in [4.69, 9.17) is 14.7 Å². The molecule has 1 aromatic rings. The summed E-state index contributed by atoms with van der Waals surface area (Å²) in [5.41, 5.74) is 0. The van der Waals surface area contributed by atoms with Gasteiger partial charge in [-0.05, 0) is 19.4 Å². The van der Waals surface area contributed by atoms with E-state index in [1.54, 1.807) is 0 Å². The monoisotopic (exact) mass is 327 g/mol. The highest BCUT2D eigenvalue weighted by Gasteiger charge is 2.27. The molecular weight excluding hydrogens is 310 g/mol. The normalized spacial score (nSPS) is 18.3. The first-order chi connectivity index (χ1) is 11.0. The van der Waals surface area contributed by atoms with Crippen LogP contribution < -0.4 is 16.0 Å². The molecule has 0 spiro atoms. The standard InChI is InChI=1S/C12H17N5O6/c18-8(19)4-7(15-12(22)14-5-9(20)21)11-16-10(17-23-11)6-2-1-3-13-6/h6-7,13H,1-5H2,(H,18,19)(H,20,21)(H2,14,15,22)/t6-,7-/m0/s1. The lowest BCUT2D eigenvalue weighted by molar-refractivity contribution is -0.138. The number of hydrogen-bond donors (Lipinski definition) is 5. The third kappa shape index (κ3) is 4.92. The number of nitrogens with one attached hydrogen (secondary N) is 3. The van der Waals surface area contributed by atoms with E-state index in [0.29, 0.717) is 5.82 Å². The van der Waals surface area contributed by atoms with E-state index in [1.165, 1.54) is 0 Å². The third-order valence-corrected chi connectivity index (χ3v) is 3.21. The molecule has 11 nitrogen and oxygen atoms in total. The lowest BCUT2D eigenvalue weighted by Crippen LogP contribution is -2.41. The van der Waals surface area contributed by atoms with Crippen LogP contribution in [0.5, 0.6) is 0 Å². The predicted molar refractivity (Wildman–Crippen MR) is 73.4 cm³/mol. The molecule has 11 heteroatoms. The Morgan fingerprint density at radius 3 is 2.74 bits per heavy atom. The van der Waals surface area contributed by atoms with Crippen LogP contribution in [0.1, 0.15) is 43.1 Å². The Balaban J connectivity index is 2.03. The molecule has 1 aromatic heterocycles. The summed E-state index contributed by atoms with van der Waals surface area (Å²) in [4.78, 5) is 37.1. The van der Waals surface area contributed by atoms with Crippen molar-refractivity contribution < 1.29 is 29.1 Å². The van der Waals surface area contributed by atoms with Crippen LogP contribution in [0, 0.1) is 0 Å². The van der Waals surface area contributed by atoms with Gasteiger partial charge in [0.15, 0.2) is 5.82 Å². The molecule has 0 unspecified atom stereocenters. The first kappa shape index (κ1) is 16.7. The molecule has 0 radical (unpaired) electrons. The zero-order valence-electron chi connectivity index (χ0n) is 12.1. The van der Waals surface area contributed by atoms with Crippen molar-refractivity contribution in [1.29, 1.82) is 0 Å². The van der Waals surface area contributed by atoms with Crippen molar-refractivity contribution in [3.05, 3.63) is 11.7 Å². The summed E-state index contributed by atoms with van der Waals surface area (Å²) in [5.74, 6) is -2.03. The van der Waals surface area contributed by atoms with Gasteiger partial charge in [0.05, 0.1) is 12.5 Å². The van der Waals surface area contributed by atoms with Crippen LogP contribution in [0.4, 0.5) is 4.79 Å². The summed E-state index contributed by atoms with van der Waals surface area (Å²) in [6, 6.07) is -1.94. The van der Waals surface area contributed by atoms with E-state index in [2.05, 4.69) is 26.1 Å². The molecule has 5 N–H and O–H groups in total. The van der Waals surface area contributed by atoms with Crippen molar-refractivity contribution in [3.8, 4) is 0 Å². The second-order valence-electron chi connectivity index (χ2n) is 5.01. The number of urea groups is 1. The van der Waals surface area contributed by atoms with Gasteiger partial charge >= 0.3 is 18.0 Å². The molecule has 23 heavy (non-hydrogen) atoms. The Hall–Kier alpha value is -2.69. The molecule has 2 heterocycles. The molecular formula is C12H17N5O6. The lowest BCUT2D eigenvalue weighted by atomic mass is 10.2. The second kappa shape index (κ2) is 7.54. The minimum Gasteiger partial charge on any atom is -0.481 e. The molecule has 1 aliphatic rings. The number of carboxylic acid groups (broad SMARTS) is 2. The van der Waals surface area contributed by atoms with Crippen LogP contribution >= 0.6 is 0 Å². The van der Waals surface area contributed by atoms with E-state index >= 15 is 0 Å². The number of nitrogens with zero attached hydrogens (tertiary/aromatic N) is 2. The number of carbonyl (C=O) groups is 3. The zero-order valence-corrected chi connectivity index (χ0v) is 12.1. The number of carbonyl (C=O) groups excluding carboxylic acids is 1. The fraction of sp³-hybridized carbons (Fsp3) is 0.583. The van der Waals surface area contributed by atoms with E-state index in [-0.39, 0.29) is 11.9 Å². The highest BCUT2D eigenvalue weighted by molar-refractivity contribution is 5.80. The number of amides is 2. The Morgan fingerprint density at radius 2 is 2.13 bits per heavy atom. The Bertz CT molecular complexity index is 582. The maximum Gasteiger partial charge on any atom is 0.323 e. The maximum absolute atomic E-state index is 11.6. The number of hydrogen-bond acceptors (Lipinski definition) is 7. The molecule has 1 saturated heterocycles. The van der Waals surface area contributed by atoms with Crippen LogP contribution in [0.3, 0.4) is 0 Å². The summed E-state index contributed by atoms with van der Waals surface area (Å²) >= 11 is 0. The van der Waals surface area contributed by atoms with Crippen LogP contribution in [-0.2, 0) is 9.59 Å². The average Bonchev–Trinajstić information content (AvgIpc) is 3.14. The van der Waals surface area contributed by atoms with Crippen molar-refractivity contribution in [1.82, 2.24) is 26.1 Å². The molecule has 126 valence electrons. The minimum absolute atomic E-state index is 0.0402. The van der Waals surface area contributed by atoms with E-state index < -0.39 is 37.0 Å². The van der Waals surface area contributed by atoms with Crippen molar-refractivity contribution >= 4 is 18.0 Å². The van der Waals surface area contributed by atoms with Crippen LogP contribution in [0.25, 0.3) is 0 Å².